The van der Waals surface area contributed by atoms with Crippen molar-refractivity contribution in [2.45, 2.75) is 45.8 Å². The zero-order valence-electron chi connectivity index (χ0n) is 9.59. The van der Waals surface area contributed by atoms with E-state index in [4.69, 9.17) is 10.5 Å². The molecule has 0 aliphatic heterocycles. The molecule has 0 fully saturated rings. The summed E-state index contributed by atoms with van der Waals surface area (Å²) in [5.74, 6) is -0.369. The molecule has 4 heteroatoms. The van der Waals surface area contributed by atoms with Crippen LogP contribution in [-0.2, 0) is 9.53 Å². The number of primary amides is 1. The molecule has 3 N–H and O–H groups in total. The molecule has 0 aromatic heterocycles. The van der Waals surface area contributed by atoms with Gasteiger partial charge in [-0.05, 0) is 33.7 Å². The number of amides is 1. The SMILES string of the molecule is CCCNC(C)(COC(C)C)C(N)=O. The predicted molar refractivity (Wildman–Crippen MR) is 57.0 cm³/mol. The first-order chi connectivity index (χ1) is 6.42. The van der Waals surface area contributed by atoms with Gasteiger partial charge in [-0.25, -0.2) is 0 Å². The molecule has 0 aromatic carbocycles. The molecule has 0 aliphatic carbocycles. The van der Waals surface area contributed by atoms with Crippen molar-refractivity contribution >= 4 is 5.91 Å². The third kappa shape index (κ3) is 4.58. The highest BCUT2D eigenvalue weighted by molar-refractivity contribution is 5.84. The van der Waals surface area contributed by atoms with Gasteiger partial charge in [-0.2, -0.15) is 0 Å². The Labute approximate surface area is 86.2 Å². The zero-order valence-corrected chi connectivity index (χ0v) is 9.59. The fourth-order valence-corrected chi connectivity index (χ4v) is 0.943. The Morgan fingerprint density at radius 1 is 1.57 bits per heavy atom. The lowest BCUT2D eigenvalue weighted by molar-refractivity contribution is -0.127. The third-order valence-electron chi connectivity index (χ3n) is 2.01. The maximum Gasteiger partial charge on any atom is 0.239 e. The summed E-state index contributed by atoms with van der Waals surface area (Å²) in [5.41, 5.74) is 4.57. The van der Waals surface area contributed by atoms with Crippen molar-refractivity contribution in [1.29, 1.82) is 0 Å². The van der Waals surface area contributed by atoms with Crippen LogP contribution in [-0.4, -0.2) is 30.7 Å². The number of rotatable bonds is 7. The first kappa shape index (κ1) is 13.4. The van der Waals surface area contributed by atoms with Crippen molar-refractivity contribution in [3.8, 4) is 0 Å². The molecule has 0 saturated carbocycles. The quantitative estimate of drug-likeness (QED) is 0.637. The number of nitrogens with two attached hydrogens (primary N) is 1. The van der Waals surface area contributed by atoms with Crippen LogP contribution < -0.4 is 11.1 Å². The summed E-state index contributed by atoms with van der Waals surface area (Å²) in [6, 6.07) is 0. The summed E-state index contributed by atoms with van der Waals surface area (Å²) in [6.07, 6.45) is 1.07. The highest BCUT2D eigenvalue weighted by Gasteiger charge is 2.30. The number of hydrogen-bond donors (Lipinski definition) is 2. The van der Waals surface area contributed by atoms with Gasteiger partial charge in [-0.3, -0.25) is 4.79 Å². The van der Waals surface area contributed by atoms with Crippen LogP contribution in [0.4, 0.5) is 0 Å². The highest BCUT2D eigenvalue weighted by atomic mass is 16.5. The van der Waals surface area contributed by atoms with Crippen LogP contribution in [0.1, 0.15) is 34.1 Å². The van der Waals surface area contributed by atoms with E-state index in [9.17, 15) is 4.79 Å². The zero-order chi connectivity index (χ0) is 11.2. The molecular formula is C10H22N2O2. The summed E-state index contributed by atoms with van der Waals surface area (Å²) >= 11 is 0. The van der Waals surface area contributed by atoms with Gasteiger partial charge in [-0.15, -0.1) is 0 Å². The van der Waals surface area contributed by atoms with Gasteiger partial charge in [0.05, 0.1) is 12.7 Å². The van der Waals surface area contributed by atoms with E-state index in [2.05, 4.69) is 5.32 Å². The van der Waals surface area contributed by atoms with Gasteiger partial charge in [-0.1, -0.05) is 6.92 Å². The predicted octanol–water partition coefficient (Wildman–Crippen LogP) is 0.655. The number of nitrogens with one attached hydrogen (secondary N) is 1. The van der Waals surface area contributed by atoms with Crippen molar-refractivity contribution < 1.29 is 9.53 Å². The molecule has 1 atom stereocenters. The molecule has 1 unspecified atom stereocenters. The Morgan fingerprint density at radius 3 is 2.50 bits per heavy atom. The molecular weight excluding hydrogens is 180 g/mol. The Morgan fingerprint density at radius 2 is 2.14 bits per heavy atom. The molecule has 4 nitrogen and oxygen atoms in total. The first-order valence-corrected chi connectivity index (χ1v) is 5.09. The number of carbonyl (C=O) groups is 1. The molecule has 0 spiro atoms. The maximum absolute atomic E-state index is 11.2. The van der Waals surface area contributed by atoms with E-state index in [0.29, 0.717) is 6.61 Å². The lowest BCUT2D eigenvalue weighted by Gasteiger charge is -2.28. The Kier molecular flexibility index (Phi) is 5.72. The van der Waals surface area contributed by atoms with Crippen LogP contribution in [0.3, 0.4) is 0 Å². The second-order valence-electron chi connectivity index (χ2n) is 3.98. The fourth-order valence-electron chi connectivity index (χ4n) is 0.943. The minimum Gasteiger partial charge on any atom is -0.376 e. The van der Waals surface area contributed by atoms with E-state index in [-0.39, 0.29) is 12.0 Å². The number of ether oxygens (including phenoxy) is 1. The van der Waals surface area contributed by atoms with Gasteiger partial charge < -0.3 is 15.8 Å². The summed E-state index contributed by atoms with van der Waals surface area (Å²) < 4.78 is 5.40. The van der Waals surface area contributed by atoms with Gasteiger partial charge >= 0.3 is 0 Å². The van der Waals surface area contributed by atoms with Crippen LogP contribution in [0.15, 0.2) is 0 Å². The normalized spacial score (nSPS) is 15.5. The summed E-state index contributed by atoms with van der Waals surface area (Å²) in [4.78, 5) is 11.2. The Bertz CT molecular complexity index is 183. The van der Waals surface area contributed by atoms with Crippen LogP contribution in [0.2, 0.25) is 0 Å². The molecule has 1 amide bonds. The summed E-state index contributed by atoms with van der Waals surface area (Å²) in [5, 5.41) is 3.10. The molecule has 14 heavy (non-hydrogen) atoms. The van der Waals surface area contributed by atoms with Crippen LogP contribution in [0.25, 0.3) is 0 Å². The van der Waals surface area contributed by atoms with Gasteiger partial charge in [0.15, 0.2) is 0 Å². The van der Waals surface area contributed by atoms with Crippen LogP contribution in [0.5, 0.6) is 0 Å². The second kappa shape index (κ2) is 5.98. The van der Waals surface area contributed by atoms with Crippen molar-refractivity contribution in [2.75, 3.05) is 13.2 Å². The minimum absolute atomic E-state index is 0.108. The Hall–Kier alpha value is -0.610. The molecule has 0 aromatic rings. The minimum atomic E-state index is -0.750. The molecule has 0 radical (unpaired) electrons. The van der Waals surface area contributed by atoms with Crippen molar-refractivity contribution in [1.82, 2.24) is 5.32 Å². The topological polar surface area (TPSA) is 64.3 Å². The molecule has 0 rings (SSSR count). The third-order valence-corrected chi connectivity index (χ3v) is 2.01. The fraction of sp³-hybridized carbons (Fsp3) is 0.900. The van der Waals surface area contributed by atoms with Crippen molar-refractivity contribution in [3.63, 3.8) is 0 Å². The van der Waals surface area contributed by atoms with Gasteiger partial charge in [0.25, 0.3) is 0 Å². The monoisotopic (exact) mass is 202 g/mol. The summed E-state index contributed by atoms with van der Waals surface area (Å²) in [7, 11) is 0. The first-order valence-electron chi connectivity index (χ1n) is 5.09. The van der Waals surface area contributed by atoms with E-state index in [1.54, 1.807) is 6.92 Å². The lowest BCUT2D eigenvalue weighted by atomic mass is 10.0. The molecule has 0 bridgehead atoms. The second-order valence-corrected chi connectivity index (χ2v) is 3.98. The van der Waals surface area contributed by atoms with E-state index >= 15 is 0 Å². The van der Waals surface area contributed by atoms with Crippen molar-refractivity contribution in [2.24, 2.45) is 5.73 Å². The Balaban J connectivity index is 4.17. The van der Waals surface area contributed by atoms with Crippen LogP contribution in [0, 0.1) is 0 Å². The van der Waals surface area contributed by atoms with E-state index in [1.165, 1.54) is 0 Å². The molecule has 0 heterocycles. The highest BCUT2D eigenvalue weighted by Crippen LogP contribution is 2.05. The molecule has 0 saturated heterocycles. The smallest absolute Gasteiger partial charge is 0.239 e. The van der Waals surface area contributed by atoms with Crippen LogP contribution >= 0.6 is 0 Å². The average molecular weight is 202 g/mol. The van der Waals surface area contributed by atoms with E-state index in [1.807, 2.05) is 20.8 Å². The van der Waals surface area contributed by atoms with E-state index in [0.717, 1.165) is 13.0 Å². The maximum atomic E-state index is 11.2. The number of carbonyl (C=O) groups excluding carboxylic acids is 1. The van der Waals surface area contributed by atoms with Gasteiger partial charge in [0.2, 0.25) is 5.91 Å². The molecule has 84 valence electrons. The molecule has 0 aliphatic rings. The lowest BCUT2D eigenvalue weighted by Crippen LogP contribution is -2.56. The van der Waals surface area contributed by atoms with Gasteiger partial charge in [0.1, 0.15) is 5.54 Å². The largest absolute Gasteiger partial charge is 0.376 e. The summed E-state index contributed by atoms with van der Waals surface area (Å²) in [6.45, 7) is 8.76. The average Bonchev–Trinajstić information content (AvgIpc) is 2.11. The van der Waals surface area contributed by atoms with E-state index < -0.39 is 5.54 Å². The number of hydrogen-bond acceptors (Lipinski definition) is 3. The standard InChI is InChI=1S/C10H22N2O2/c1-5-6-12-10(4,9(11)13)7-14-8(2)3/h8,12H,5-7H2,1-4H3,(H2,11,13). The van der Waals surface area contributed by atoms with Gasteiger partial charge in [0, 0.05) is 0 Å². The van der Waals surface area contributed by atoms with Crippen molar-refractivity contribution in [3.05, 3.63) is 0 Å².